The molecule has 0 aliphatic rings. The van der Waals surface area contributed by atoms with Crippen molar-refractivity contribution in [2.24, 2.45) is 0 Å². The summed E-state index contributed by atoms with van der Waals surface area (Å²) in [6.07, 6.45) is 3.72. The van der Waals surface area contributed by atoms with Gasteiger partial charge in [-0.15, -0.1) is 0 Å². The molecule has 0 saturated carbocycles. The summed E-state index contributed by atoms with van der Waals surface area (Å²) in [6.45, 7) is 2.09. The zero-order valence-corrected chi connectivity index (χ0v) is 11.6. The first kappa shape index (κ1) is 11.9. The lowest BCUT2D eigenvalue weighted by Gasteiger charge is -2.06. The number of aryl methyl sites for hydroxylation is 1. The highest BCUT2D eigenvalue weighted by Crippen LogP contribution is 2.25. The molecule has 0 radical (unpaired) electrons. The molecule has 102 valence electrons. The molecule has 0 atom stereocenters. The number of hydrogen-bond donors (Lipinski definition) is 1. The van der Waals surface area contributed by atoms with E-state index in [1.165, 1.54) is 5.56 Å². The molecule has 0 spiro atoms. The van der Waals surface area contributed by atoms with E-state index >= 15 is 0 Å². The first-order valence-corrected chi connectivity index (χ1v) is 6.87. The van der Waals surface area contributed by atoms with Crippen molar-refractivity contribution in [3.63, 3.8) is 0 Å². The molecule has 0 unspecified atom stereocenters. The molecular formula is C17H14N4. The molecule has 4 aromatic rings. The second-order valence-electron chi connectivity index (χ2n) is 5.05. The van der Waals surface area contributed by atoms with Crippen molar-refractivity contribution in [3.8, 4) is 17.1 Å². The van der Waals surface area contributed by atoms with Gasteiger partial charge in [-0.05, 0) is 48.9 Å². The highest BCUT2D eigenvalue weighted by molar-refractivity contribution is 5.80. The zero-order chi connectivity index (χ0) is 14.2. The van der Waals surface area contributed by atoms with Crippen LogP contribution >= 0.6 is 0 Å². The average Bonchev–Trinajstić information content (AvgIpc) is 3.16. The van der Waals surface area contributed by atoms with Gasteiger partial charge in [0.15, 0.2) is 0 Å². The van der Waals surface area contributed by atoms with Gasteiger partial charge in [-0.2, -0.15) is 5.10 Å². The third kappa shape index (κ3) is 2.01. The molecule has 4 heteroatoms. The van der Waals surface area contributed by atoms with Crippen molar-refractivity contribution in [2.45, 2.75) is 6.92 Å². The van der Waals surface area contributed by atoms with Crippen molar-refractivity contribution in [3.05, 3.63) is 66.5 Å². The number of nitrogens with zero attached hydrogens (tertiary/aromatic N) is 3. The molecule has 4 rings (SSSR count). The second kappa shape index (κ2) is 4.59. The van der Waals surface area contributed by atoms with Gasteiger partial charge in [0.25, 0.3) is 0 Å². The van der Waals surface area contributed by atoms with E-state index in [0.29, 0.717) is 0 Å². The predicted octanol–water partition coefficient (Wildman–Crippen LogP) is 3.72. The van der Waals surface area contributed by atoms with E-state index in [0.717, 1.165) is 28.1 Å². The van der Waals surface area contributed by atoms with Gasteiger partial charge >= 0.3 is 0 Å². The Bertz CT molecular complexity index is 871. The number of imidazole rings is 1. The molecule has 0 aliphatic heterocycles. The smallest absolute Gasteiger partial charge is 0.138 e. The Labute approximate surface area is 122 Å². The van der Waals surface area contributed by atoms with Gasteiger partial charge in [0.05, 0.1) is 16.7 Å². The van der Waals surface area contributed by atoms with E-state index in [1.807, 2.05) is 41.2 Å². The van der Waals surface area contributed by atoms with Crippen molar-refractivity contribution >= 4 is 11.0 Å². The van der Waals surface area contributed by atoms with Gasteiger partial charge in [-0.1, -0.05) is 12.1 Å². The summed E-state index contributed by atoms with van der Waals surface area (Å²) in [5, 5.41) is 4.26. The lowest BCUT2D eigenvalue weighted by molar-refractivity contribution is 0.879. The molecule has 0 saturated heterocycles. The Kier molecular flexibility index (Phi) is 2.60. The third-order valence-corrected chi connectivity index (χ3v) is 3.62. The van der Waals surface area contributed by atoms with Crippen LogP contribution in [0.1, 0.15) is 5.56 Å². The Morgan fingerprint density at radius 2 is 1.95 bits per heavy atom. The minimum Gasteiger partial charge on any atom is -0.338 e. The van der Waals surface area contributed by atoms with Crippen molar-refractivity contribution < 1.29 is 0 Å². The van der Waals surface area contributed by atoms with Crippen LogP contribution in [0.15, 0.2) is 60.9 Å². The Morgan fingerprint density at radius 3 is 2.71 bits per heavy atom. The number of hydrogen-bond acceptors (Lipinski definition) is 2. The van der Waals surface area contributed by atoms with Crippen LogP contribution in [-0.4, -0.2) is 19.7 Å². The van der Waals surface area contributed by atoms with E-state index in [2.05, 4.69) is 40.2 Å². The molecule has 2 aromatic carbocycles. The number of fused-ring (bicyclic) bond motifs is 1. The topological polar surface area (TPSA) is 46.5 Å². The Morgan fingerprint density at radius 1 is 1.05 bits per heavy atom. The van der Waals surface area contributed by atoms with Gasteiger partial charge in [-0.25, -0.2) is 9.67 Å². The van der Waals surface area contributed by atoms with Crippen LogP contribution in [0.5, 0.6) is 0 Å². The number of aromatic nitrogens is 4. The van der Waals surface area contributed by atoms with Crippen LogP contribution < -0.4 is 0 Å². The molecule has 2 heterocycles. The van der Waals surface area contributed by atoms with Crippen molar-refractivity contribution in [2.75, 3.05) is 0 Å². The highest BCUT2D eigenvalue weighted by Gasteiger charge is 2.08. The standard InChI is InChI=1S/C17H14N4/c1-12-11-13(21-10-4-9-18-21)7-8-14(12)17-19-15-5-2-3-6-16(15)20-17/h2-11H,1H3,(H,19,20). The van der Waals surface area contributed by atoms with Crippen LogP contribution in [0.4, 0.5) is 0 Å². The van der Waals surface area contributed by atoms with E-state index in [4.69, 9.17) is 0 Å². The number of aromatic amines is 1. The zero-order valence-electron chi connectivity index (χ0n) is 11.6. The summed E-state index contributed by atoms with van der Waals surface area (Å²) in [7, 11) is 0. The minimum atomic E-state index is 0.903. The Hall–Kier alpha value is -2.88. The quantitative estimate of drug-likeness (QED) is 0.605. The van der Waals surface area contributed by atoms with Crippen molar-refractivity contribution in [1.82, 2.24) is 19.7 Å². The molecule has 2 aromatic heterocycles. The normalized spacial score (nSPS) is 11.1. The van der Waals surface area contributed by atoms with Gasteiger partial charge in [0.1, 0.15) is 5.82 Å². The Balaban J connectivity index is 1.81. The van der Waals surface area contributed by atoms with E-state index in [9.17, 15) is 0 Å². The van der Waals surface area contributed by atoms with Crippen LogP contribution in [-0.2, 0) is 0 Å². The summed E-state index contributed by atoms with van der Waals surface area (Å²) >= 11 is 0. The summed E-state index contributed by atoms with van der Waals surface area (Å²) < 4.78 is 1.86. The van der Waals surface area contributed by atoms with Crippen LogP contribution in [0.2, 0.25) is 0 Å². The second-order valence-corrected chi connectivity index (χ2v) is 5.05. The van der Waals surface area contributed by atoms with Gasteiger partial charge in [0.2, 0.25) is 0 Å². The maximum Gasteiger partial charge on any atom is 0.138 e. The molecule has 0 fully saturated rings. The lowest BCUT2D eigenvalue weighted by atomic mass is 10.1. The number of nitrogens with one attached hydrogen (secondary N) is 1. The highest BCUT2D eigenvalue weighted by atomic mass is 15.3. The average molecular weight is 274 g/mol. The van der Waals surface area contributed by atoms with Crippen LogP contribution in [0.3, 0.4) is 0 Å². The van der Waals surface area contributed by atoms with Gasteiger partial charge in [0, 0.05) is 18.0 Å². The predicted molar refractivity (Wildman–Crippen MR) is 83.4 cm³/mol. The molecule has 0 aliphatic carbocycles. The van der Waals surface area contributed by atoms with E-state index in [-0.39, 0.29) is 0 Å². The third-order valence-electron chi connectivity index (χ3n) is 3.62. The first-order valence-electron chi connectivity index (χ1n) is 6.87. The fourth-order valence-electron chi connectivity index (χ4n) is 2.56. The van der Waals surface area contributed by atoms with E-state index in [1.54, 1.807) is 6.20 Å². The molecule has 21 heavy (non-hydrogen) atoms. The summed E-state index contributed by atoms with van der Waals surface area (Å²) in [5.74, 6) is 0.903. The number of rotatable bonds is 2. The molecule has 4 nitrogen and oxygen atoms in total. The number of para-hydroxylation sites is 2. The largest absolute Gasteiger partial charge is 0.338 e. The summed E-state index contributed by atoms with van der Waals surface area (Å²) in [6, 6.07) is 16.3. The number of benzene rings is 2. The lowest BCUT2D eigenvalue weighted by Crippen LogP contribution is -1.95. The van der Waals surface area contributed by atoms with Crippen LogP contribution in [0.25, 0.3) is 28.1 Å². The minimum absolute atomic E-state index is 0.903. The fourth-order valence-corrected chi connectivity index (χ4v) is 2.56. The summed E-state index contributed by atoms with van der Waals surface area (Å²) in [5.41, 5.74) is 5.38. The number of H-pyrrole nitrogens is 1. The maximum atomic E-state index is 4.66. The SMILES string of the molecule is Cc1cc(-n2cccn2)ccc1-c1nc2ccccc2[nH]1. The fraction of sp³-hybridized carbons (Fsp3) is 0.0588. The molecule has 0 amide bonds. The van der Waals surface area contributed by atoms with E-state index < -0.39 is 0 Å². The molecule has 1 N–H and O–H groups in total. The van der Waals surface area contributed by atoms with Gasteiger partial charge in [-0.3, -0.25) is 0 Å². The van der Waals surface area contributed by atoms with Crippen LogP contribution in [0, 0.1) is 6.92 Å². The van der Waals surface area contributed by atoms with Gasteiger partial charge < -0.3 is 4.98 Å². The first-order chi connectivity index (χ1) is 10.3. The molecule has 0 bridgehead atoms. The monoisotopic (exact) mass is 274 g/mol. The summed E-state index contributed by atoms with van der Waals surface area (Å²) in [4.78, 5) is 8.03. The maximum absolute atomic E-state index is 4.66. The molecular weight excluding hydrogens is 260 g/mol. The van der Waals surface area contributed by atoms with Crippen molar-refractivity contribution in [1.29, 1.82) is 0 Å².